The van der Waals surface area contributed by atoms with Gasteiger partial charge in [0.25, 0.3) is 0 Å². The Morgan fingerprint density at radius 1 is 1.62 bits per heavy atom. The molecule has 0 spiro atoms. The normalized spacial score (nSPS) is 3.88. The SMILES string of the molecule is N#C[S-].NC(N)=[NH2+].[Sn]. The molecule has 6 heteroatoms. The van der Waals surface area contributed by atoms with Gasteiger partial charge in [-0.25, -0.2) is 5.26 Å². The Morgan fingerprint density at radius 3 is 1.62 bits per heavy atom. The minimum Gasteiger partial charge on any atom is -0.696 e. The zero-order chi connectivity index (χ0) is 6.28. The van der Waals surface area contributed by atoms with E-state index in [1.165, 1.54) is 5.40 Å². The van der Waals surface area contributed by atoms with E-state index in [4.69, 9.17) is 5.26 Å². The summed E-state index contributed by atoms with van der Waals surface area (Å²) < 4.78 is 0. The Balaban J connectivity index is -0.0000000575. The molecular weight excluding hydrogens is 231 g/mol. The minimum absolute atomic E-state index is 0. The van der Waals surface area contributed by atoms with E-state index in [1.54, 1.807) is 0 Å². The Kier molecular flexibility index (Phi) is 31.0. The number of hydrogen-bond donors (Lipinski definition) is 3. The first kappa shape index (κ1) is 15.7. The fourth-order valence-corrected chi connectivity index (χ4v) is 0. The second-order valence-electron chi connectivity index (χ2n) is 0.591. The van der Waals surface area contributed by atoms with Gasteiger partial charge in [0.05, 0.1) is 0 Å². The standard InChI is InChI=1S/CH5N3.CHNS.Sn/c2-1(3)4;2-1-3;/h(H5,2,3,4);3H;. The second kappa shape index (κ2) is 15.9. The van der Waals surface area contributed by atoms with E-state index in [0.717, 1.165) is 0 Å². The van der Waals surface area contributed by atoms with E-state index in [1.807, 2.05) is 0 Å². The van der Waals surface area contributed by atoms with Crippen molar-refractivity contribution in [2.75, 3.05) is 0 Å². The molecule has 0 unspecified atom stereocenters. The van der Waals surface area contributed by atoms with E-state index in [2.05, 4.69) is 29.5 Å². The smallest absolute Gasteiger partial charge is 0.336 e. The fraction of sp³-hybridized carbons (Fsp3) is 0. The predicted octanol–water partition coefficient (Wildman–Crippen LogP) is -3.35. The van der Waals surface area contributed by atoms with Crippen LogP contribution in [0.15, 0.2) is 0 Å². The minimum atomic E-state index is -0.0833. The summed E-state index contributed by atoms with van der Waals surface area (Å²) in [7, 11) is 0. The van der Waals surface area contributed by atoms with Crippen LogP contribution in [0.2, 0.25) is 0 Å². The van der Waals surface area contributed by atoms with Gasteiger partial charge in [0.2, 0.25) is 0 Å². The van der Waals surface area contributed by atoms with E-state index in [9.17, 15) is 0 Å². The van der Waals surface area contributed by atoms with Crippen molar-refractivity contribution in [1.29, 1.82) is 5.26 Å². The molecule has 4 radical (unpaired) electrons. The molecule has 0 aliphatic heterocycles. The van der Waals surface area contributed by atoms with E-state index in [0.29, 0.717) is 0 Å². The molecule has 0 heterocycles. The van der Waals surface area contributed by atoms with Crippen LogP contribution in [0, 0.1) is 10.7 Å². The summed E-state index contributed by atoms with van der Waals surface area (Å²) in [6, 6.07) is 0. The summed E-state index contributed by atoms with van der Waals surface area (Å²) in [6.07, 6.45) is 0. The van der Waals surface area contributed by atoms with Gasteiger partial charge in [0, 0.05) is 23.9 Å². The number of thiocyanates is 1. The van der Waals surface area contributed by atoms with Crippen LogP contribution in [0.1, 0.15) is 0 Å². The van der Waals surface area contributed by atoms with E-state index in [-0.39, 0.29) is 29.9 Å². The van der Waals surface area contributed by atoms with Crippen LogP contribution in [0.25, 0.3) is 0 Å². The summed E-state index contributed by atoms with van der Waals surface area (Å²) in [5, 5.41) is 13.1. The van der Waals surface area contributed by atoms with Crippen molar-refractivity contribution < 1.29 is 5.41 Å². The van der Waals surface area contributed by atoms with Crippen LogP contribution >= 0.6 is 0 Å². The van der Waals surface area contributed by atoms with Crippen LogP contribution in [0.5, 0.6) is 0 Å². The molecule has 0 aliphatic rings. The molecule has 0 saturated carbocycles. The maximum atomic E-state index is 7.13. The Bertz CT molecular complexity index is 82.5. The maximum absolute atomic E-state index is 7.13. The first-order chi connectivity index (χ1) is 3.15. The number of nitriles is 1. The molecule has 0 aliphatic carbocycles. The average Bonchev–Trinajstić information content (AvgIpc) is 1.33. The molecule has 0 aromatic carbocycles. The molecule has 6 N–H and O–H groups in total. The van der Waals surface area contributed by atoms with Crippen molar-refractivity contribution in [2.45, 2.75) is 0 Å². The van der Waals surface area contributed by atoms with Crippen molar-refractivity contribution in [3.63, 3.8) is 0 Å². The summed E-state index contributed by atoms with van der Waals surface area (Å²) >= 11 is 3.70. The van der Waals surface area contributed by atoms with Crippen molar-refractivity contribution in [1.82, 2.24) is 0 Å². The maximum Gasteiger partial charge on any atom is 0.336 e. The third-order valence-electron chi connectivity index (χ3n) is 0. The number of guanidine groups is 1. The van der Waals surface area contributed by atoms with Gasteiger partial charge in [0.1, 0.15) is 0 Å². The van der Waals surface area contributed by atoms with Crippen LogP contribution in [0.4, 0.5) is 0 Å². The Morgan fingerprint density at radius 2 is 1.62 bits per heavy atom. The van der Waals surface area contributed by atoms with Gasteiger partial charge in [-0.05, 0) is 0 Å². The first-order valence-electron chi connectivity index (χ1n) is 1.29. The average molecular weight is 237 g/mol. The topological polar surface area (TPSA) is 101 Å². The number of nitrogens with two attached hydrogens (primary N) is 3. The van der Waals surface area contributed by atoms with Gasteiger partial charge >= 0.3 is 5.96 Å². The summed E-state index contributed by atoms with van der Waals surface area (Å²) in [5.74, 6) is -0.0833. The largest absolute Gasteiger partial charge is 0.696 e. The molecule has 0 fully saturated rings. The molecule has 0 amide bonds. The van der Waals surface area contributed by atoms with E-state index >= 15 is 0 Å². The quantitative estimate of drug-likeness (QED) is 0.135. The summed E-state index contributed by atoms with van der Waals surface area (Å²) in [6.45, 7) is 0. The van der Waals surface area contributed by atoms with Crippen LogP contribution in [-0.4, -0.2) is 29.9 Å². The van der Waals surface area contributed by atoms with Crippen molar-refractivity contribution in [3.8, 4) is 5.40 Å². The van der Waals surface area contributed by atoms with E-state index < -0.39 is 0 Å². The van der Waals surface area contributed by atoms with Crippen molar-refractivity contribution >= 4 is 42.5 Å². The molecule has 8 heavy (non-hydrogen) atoms. The second-order valence-corrected chi connectivity index (χ2v) is 0.774. The molecule has 0 aromatic rings. The third kappa shape index (κ3) is 2690. The third-order valence-corrected chi connectivity index (χ3v) is 0. The summed E-state index contributed by atoms with van der Waals surface area (Å²) in [5.41, 5.74) is 9.17. The van der Waals surface area contributed by atoms with Gasteiger partial charge in [-0.1, -0.05) is 5.40 Å². The van der Waals surface area contributed by atoms with Gasteiger partial charge in [0.15, 0.2) is 0 Å². The van der Waals surface area contributed by atoms with Gasteiger partial charge in [-0.2, -0.15) is 0 Å². The predicted molar refractivity (Wildman–Crippen MR) is 34.0 cm³/mol. The van der Waals surface area contributed by atoms with Gasteiger partial charge < -0.3 is 12.6 Å². The molecule has 0 aromatic heterocycles. The van der Waals surface area contributed by atoms with Gasteiger partial charge in [-0.15, -0.1) is 0 Å². The van der Waals surface area contributed by atoms with Crippen molar-refractivity contribution in [3.05, 3.63) is 0 Å². The zero-order valence-corrected chi connectivity index (χ0v) is 7.76. The fourth-order valence-electron chi connectivity index (χ4n) is 0. The van der Waals surface area contributed by atoms with Gasteiger partial charge in [-0.3, -0.25) is 16.9 Å². The molecule has 0 atom stereocenters. The zero-order valence-electron chi connectivity index (χ0n) is 4.09. The number of rotatable bonds is 0. The number of nitrogens with zero attached hydrogens (tertiary/aromatic N) is 1. The molecular formula is C2H6N4SSn. The van der Waals surface area contributed by atoms with Crippen molar-refractivity contribution in [2.24, 2.45) is 11.5 Å². The first-order valence-corrected chi connectivity index (χ1v) is 1.70. The molecule has 44 valence electrons. The Labute approximate surface area is 70.1 Å². The summed E-state index contributed by atoms with van der Waals surface area (Å²) in [4.78, 5) is 0. The number of hydrogen-bond acceptors (Lipinski definition) is 2. The van der Waals surface area contributed by atoms with Crippen LogP contribution in [0.3, 0.4) is 0 Å². The molecule has 0 bridgehead atoms. The molecule has 4 nitrogen and oxygen atoms in total. The molecule has 0 saturated heterocycles. The van der Waals surface area contributed by atoms with Crippen LogP contribution in [-0.2, 0) is 12.6 Å². The monoisotopic (exact) mass is 238 g/mol. The Hall–Kier alpha value is -0.221. The molecule has 0 rings (SSSR count). The van der Waals surface area contributed by atoms with Crippen LogP contribution < -0.4 is 16.9 Å².